The lowest BCUT2D eigenvalue weighted by molar-refractivity contribution is 0.144. The summed E-state index contributed by atoms with van der Waals surface area (Å²) in [5, 5.41) is -2.31. The van der Waals surface area contributed by atoms with E-state index in [1.165, 1.54) is 0 Å². The average molecular weight is 415 g/mol. The van der Waals surface area contributed by atoms with Crippen molar-refractivity contribution < 1.29 is 27.5 Å². The summed E-state index contributed by atoms with van der Waals surface area (Å²) in [5.41, 5.74) is 2.11. The highest BCUT2D eigenvalue weighted by Crippen LogP contribution is 2.39. The molecule has 0 bridgehead atoms. The summed E-state index contributed by atoms with van der Waals surface area (Å²) in [6.07, 6.45) is 0.211. The number of hydrogen-bond donors (Lipinski definition) is 0. The van der Waals surface area contributed by atoms with Gasteiger partial charge in [0.1, 0.15) is 13.2 Å². The average Bonchev–Trinajstić information content (AvgIpc) is 3.17. The molecule has 1 aliphatic heterocycles. The van der Waals surface area contributed by atoms with Gasteiger partial charge in [-0.3, -0.25) is 0 Å². The Morgan fingerprint density at radius 1 is 1.10 bits per heavy atom. The Balaban J connectivity index is 1.58. The number of benzene rings is 2. The highest BCUT2D eigenvalue weighted by Gasteiger charge is 2.44. The van der Waals surface area contributed by atoms with Crippen LogP contribution in [0.25, 0.3) is 0 Å². The normalized spacial score (nSPS) is 21.4. The van der Waals surface area contributed by atoms with E-state index in [0.29, 0.717) is 24.1 Å². The van der Waals surface area contributed by atoms with Crippen molar-refractivity contribution in [3.05, 3.63) is 71.3 Å². The molecule has 0 saturated carbocycles. The fourth-order valence-electron chi connectivity index (χ4n) is 3.93. The van der Waals surface area contributed by atoms with E-state index in [1.54, 1.807) is 41.3 Å². The van der Waals surface area contributed by atoms with Crippen LogP contribution in [0.15, 0.2) is 54.6 Å². The molecule has 4 rings (SSSR count). The van der Waals surface area contributed by atoms with Crippen molar-refractivity contribution in [2.75, 3.05) is 13.2 Å². The zero-order valence-electron chi connectivity index (χ0n) is 15.7. The third-order valence-electron chi connectivity index (χ3n) is 5.38. The standard InChI is InChI=1S/C21H21NO6S/c23-20-22(10-11-27-20)17-12-16-8-4-5-9-18(16)19(13-17)29(25,26)21(24)28-14-15-6-2-1-3-7-15/h1-9,17,19H,10-14H2/t17-,19?/m1/s1. The Labute approximate surface area is 169 Å². The molecule has 1 amide bonds. The van der Waals surface area contributed by atoms with Crippen molar-refractivity contribution >= 4 is 21.2 Å². The van der Waals surface area contributed by atoms with Gasteiger partial charge in [0.25, 0.3) is 9.84 Å². The first-order chi connectivity index (χ1) is 14.0. The number of carbonyl (C=O) groups is 2. The number of ether oxygens (including phenoxy) is 2. The minimum absolute atomic E-state index is 0.116. The summed E-state index contributed by atoms with van der Waals surface area (Å²) < 4.78 is 36.3. The minimum atomic E-state index is -4.27. The van der Waals surface area contributed by atoms with Crippen molar-refractivity contribution in [2.45, 2.75) is 30.7 Å². The Morgan fingerprint density at radius 2 is 1.83 bits per heavy atom. The topological polar surface area (TPSA) is 90.0 Å². The van der Waals surface area contributed by atoms with E-state index in [-0.39, 0.29) is 25.7 Å². The number of amides is 1. The van der Waals surface area contributed by atoms with Gasteiger partial charge in [0, 0.05) is 6.04 Å². The molecule has 1 heterocycles. The molecule has 0 aromatic heterocycles. The summed E-state index contributed by atoms with van der Waals surface area (Å²) in [6.45, 7) is 0.583. The van der Waals surface area contributed by atoms with Gasteiger partial charge in [-0.15, -0.1) is 0 Å². The summed E-state index contributed by atoms with van der Waals surface area (Å²) >= 11 is 0. The van der Waals surface area contributed by atoms with Gasteiger partial charge in [0.2, 0.25) is 0 Å². The Hall–Kier alpha value is -2.87. The second-order valence-corrected chi connectivity index (χ2v) is 9.15. The molecular formula is C21H21NO6S. The van der Waals surface area contributed by atoms with E-state index >= 15 is 0 Å². The summed E-state index contributed by atoms with van der Waals surface area (Å²) in [6, 6.07) is 15.7. The fourth-order valence-corrected chi connectivity index (χ4v) is 5.42. The maximum absolute atomic E-state index is 13.1. The van der Waals surface area contributed by atoms with Crippen LogP contribution in [0, 0.1) is 0 Å². The molecule has 8 heteroatoms. The van der Waals surface area contributed by atoms with Crippen LogP contribution in [-0.4, -0.2) is 43.9 Å². The first kappa shape index (κ1) is 19.4. The van der Waals surface area contributed by atoms with Crippen LogP contribution in [0.1, 0.15) is 28.4 Å². The second-order valence-electron chi connectivity index (χ2n) is 7.16. The molecule has 2 aliphatic rings. The monoisotopic (exact) mass is 415 g/mol. The largest absolute Gasteiger partial charge is 0.449 e. The van der Waals surface area contributed by atoms with Crippen molar-refractivity contribution in [1.82, 2.24) is 4.90 Å². The zero-order chi connectivity index (χ0) is 20.4. The third-order valence-corrected chi connectivity index (χ3v) is 7.16. The highest BCUT2D eigenvalue weighted by atomic mass is 32.2. The number of cyclic esters (lactones) is 1. The highest BCUT2D eigenvalue weighted by molar-refractivity contribution is 8.05. The lowest BCUT2D eigenvalue weighted by Gasteiger charge is -2.34. The predicted molar refractivity (Wildman–Crippen MR) is 105 cm³/mol. The Morgan fingerprint density at radius 3 is 2.55 bits per heavy atom. The molecule has 1 saturated heterocycles. The van der Waals surface area contributed by atoms with Crippen molar-refractivity contribution in [1.29, 1.82) is 0 Å². The van der Waals surface area contributed by atoms with E-state index in [0.717, 1.165) is 5.56 Å². The number of rotatable bonds is 4. The second kappa shape index (κ2) is 7.87. The molecule has 1 aliphatic carbocycles. The molecule has 29 heavy (non-hydrogen) atoms. The van der Waals surface area contributed by atoms with Crippen LogP contribution in [0.3, 0.4) is 0 Å². The Bertz CT molecular complexity index is 1020. The van der Waals surface area contributed by atoms with Crippen molar-refractivity contribution in [2.24, 2.45) is 0 Å². The van der Waals surface area contributed by atoms with E-state index < -0.39 is 26.5 Å². The van der Waals surface area contributed by atoms with Gasteiger partial charge in [-0.1, -0.05) is 54.6 Å². The molecule has 2 atom stereocenters. The molecule has 2 aromatic carbocycles. The van der Waals surface area contributed by atoms with E-state index in [1.807, 2.05) is 18.2 Å². The maximum atomic E-state index is 13.1. The predicted octanol–water partition coefficient (Wildman–Crippen LogP) is 3.25. The molecule has 0 spiro atoms. The van der Waals surface area contributed by atoms with Gasteiger partial charge in [-0.25, -0.2) is 18.0 Å². The van der Waals surface area contributed by atoms with Crippen molar-refractivity contribution in [3.63, 3.8) is 0 Å². The molecule has 152 valence electrons. The van der Waals surface area contributed by atoms with Crippen LogP contribution in [0.2, 0.25) is 0 Å². The van der Waals surface area contributed by atoms with E-state index in [4.69, 9.17) is 9.47 Å². The number of carbonyl (C=O) groups excluding carboxylic acids is 2. The van der Waals surface area contributed by atoms with E-state index in [2.05, 4.69) is 0 Å². The van der Waals surface area contributed by atoms with E-state index in [9.17, 15) is 18.0 Å². The van der Waals surface area contributed by atoms with Gasteiger partial charge in [0.15, 0.2) is 0 Å². The number of sulfone groups is 1. The first-order valence-electron chi connectivity index (χ1n) is 9.42. The number of hydrogen-bond acceptors (Lipinski definition) is 6. The zero-order valence-corrected chi connectivity index (χ0v) is 16.5. The van der Waals surface area contributed by atoms with Crippen LogP contribution in [0.4, 0.5) is 9.59 Å². The van der Waals surface area contributed by atoms with Crippen molar-refractivity contribution in [3.8, 4) is 0 Å². The van der Waals surface area contributed by atoms with Crippen LogP contribution in [0.5, 0.6) is 0 Å². The number of nitrogens with zero attached hydrogens (tertiary/aromatic N) is 1. The summed E-state index contributed by atoms with van der Waals surface area (Å²) in [4.78, 5) is 26.1. The minimum Gasteiger partial charge on any atom is -0.449 e. The summed E-state index contributed by atoms with van der Waals surface area (Å²) in [7, 11) is -4.27. The maximum Gasteiger partial charge on any atom is 0.425 e. The molecule has 7 nitrogen and oxygen atoms in total. The molecule has 0 radical (unpaired) electrons. The van der Waals surface area contributed by atoms with Crippen LogP contribution >= 0.6 is 0 Å². The summed E-state index contributed by atoms with van der Waals surface area (Å²) in [5.74, 6) is 0. The smallest absolute Gasteiger partial charge is 0.425 e. The van der Waals surface area contributed by atoms with Gasteiger partial charge < -0.3 is 14.4 Å². The fraction of sp³-hybridized carbons (Fsp3) is 0.333. The first-order valence-corrected chi connectivity index (χ1v) is 11.0. The van der Waals surface area contributed by atoms with Gasteiger partial charge in [-0.2, -0.15) is 0 Å². The quantitative estimate of drug-likeness (QED) is 0.712. The Kier molecular flexibility index (Phi) is 5.27. The molecule has 0 N–H and O–H groups in total. The molecule has 2 aromatic rings. The van der Waals surface area contributed by atoms with Crippen LogP contribution < -0.4 is 0 Å². The van der Waals surface area contributed by atoms with Crippen LogP contribution in [-0.2, 0) is 32.3 Å². The lowest BCUT2D eigenvalue weighted by Crippen LogP contribution is -2.43. The van der Waals surface area contributed by atoms with Gasteiger partial charge >= 0.3 is 11.4 Å². The van der Waals surface area contributed by atoms with Gasteiger partial charge in [-0.05, 0) is 29.5 Å². The molecule has 1 unspecified atom stereocenters. The third kappa shape index (κ3) is 3.85. The number of fused-ring (bicyclic) bond motifs is 1. The SMILES string of the molecule is O=C1OCCN1[C@@H]1Cc2ccccc2C(S(=O)(=O)C(=O)OCc2ccccc2)C1. The lowest BCUT2D eigenvalue weighted by atomic mass is 9.87. The van der Waals surface area contributed by atoms with Gasteiger partial charge in [0.05, 0.1) is 11.8 Å². The molecular weight excluding hydrogens is 394 g/mol. The molecule has 1 fully saturated rings.